The molecule has 0 radical (unpaired) electrons. The van der Waals surface area contributed by atoms with Crippen molar-refractivity contribution in [2.75, 3.05) is 0 Å². The summed E-state index contributed by atoms with van der Waals surface area (Å²) in [5.41, 5.74) is 2.48. The van der Waals surface area contributed by atoms with Crippen LogP contribution in [0.1, 0.15) is 36.8 Å². The van der Waals surface area contributed by atoms with E-state index in [9.17, 15) is 4.79 Å². The van der Waals surface area contributed by atoms with Gasteiger partial charge in [0, 0.05) is 11.8 Å². The van der Waals surface area contributed by atoms with Crippen LogP contribution in [0.2, 0.25) is 0 Å². The van der Waals surface area contributed by atoms with Gasteiger partial charge in [0.15, 0.2) is 0 Å². The average molecular weight is 232 g/mol. The van der Waals surface area contributed by atoms with Crippen molar-refractivity contribution in [1.29, 1.82) is 0 Å². The van der Waals surface area contributed by atoms with Gasteiger partial charge in [-0.2, -0.15) is 5.10 Å². The van der Waals surface area contributed by atoms with Crippen molar-refractivity contribution in [2.45, 2.75) is 33.6 Å². The predicted octanol–water partition coefficient (Wildman–Crippen LogP) is 1.70. The first-order chi connectivity index (χ1) is 7.97. The van der Waals surface area contributed by atoms with Crippen LogP contribution < -0.4 is 5.56 Å². The standard InChI is InChI=1S/C12H16N4O/c1-7(2)10-6-11(17)14-12(13-10)16-9(4)5-8(3)15-16/h5-7H,1-4H3,(H,13,14,17). The van der Waals surface area contributed by atoms with Gasteiger partial charge in [-0.3, -0.25) is 9.78 Å². The summed E-state index contributed by atoms with van der Waals surface area (Å²) in [4.78, 5) is 18.7. The Morgan fingerprint density at radius 2 is 2.00 bits per heavy atom. The second-order valence-electron chi connectivity index (χ2n) is 4.49. The van der Waals surface area contributed by atoms with Gasteiger partial charge in [0.25, 0.3) is 5.56 Å². The van der Waals surface area contributed by atoms with Gasteiger partial charge in [-0.25, -0.2) is 9.67 Å². The summed E-state index contributed by atoms with van der Waals surface area (Å²) < 4.78 is 1.66. The molecule has 0 atom stereocenters. The normalized spacial score (nSPS) is 11.1. The van der Waals surface area contributed by atoms with Gasteiger partial charge in [0.2, 0.25) is 5.95 Å². The highest BCUT2D eigenvalue weighted by Gasteiger charge is 2.09. The molecule has 2 rings (SSSR count). The molecule has 0 aliphatic rings. The van der Waals surface area contributed by atoms with Crippen LogP contribution in [0.4, 0.5) is 0 Å². The number of aryl methyl sites for hydroxylation is 2. The van der Waals surface area contributed by atoms with Crippen molar-refractivity contribution in [3.63, 3.8) is 0 Å². The number of hydrogen-bond acceptors (Lipinski definition) is 3. The summed E-state index contributed by atoms with van der Waals surface area (Å²) in [5.74, 6) is 0.694. The molecule has 2 heterocycles. The molecule has 0 aliphatic carbocycles. The number of aromatic amines is 1. The Balaban J connectivity index is 2.60. The van der Waals surface area contributed by atoms with Gasteiger partial charge in [-0.15, -0.1) is 0 Å². The van der Waals surface area contributed by atoms with Crippen molar-refractivity contribution in [3.8, 4) is 5.95 Å². The Kier molecular flexibility index (Phi) is 2.83. The van der Waals surface area contributed by atoms with E-state index in [2.05, 4.69) is 15.1 Å². The van der Waals surface area contributed by atoms with E-state index in [1.807, 2.05) is 33.8 Å². The number of aromatic nitrogens is 4. The number of H-pyrrole nitrogens is 1. The third kappa shape index (κ3) is 2.27. The fraction of sp³-hybridized carbons (Fsp3) is 0.417. The van der Waals surface area contributed by atoms with Gasteiger partial charge in [-0.05, 0) is 25.8 Å². The molecule has 0 bridgehead atoms. The zero-order chi connectivity index (χ0) is 12.6. The van der Waals surface area contributed by atoms with E-state index in [1.165, 1.54) is 6.07 Å². The van der Waals surface area contributed by atoms with E-state index in [0.29, 0.717) is 5.95 Å². The van der Waals surface area contributed by atoms with Crippen LogP contribution in [0.15, 0.2) is 16.9 Å². The van der Waals surface area contributed by atoms with E-state index in [-0.39, 0.29) is 11.5 Å². The third-order valence-corrected chi connectivity index (χ3v) is 2.55. The van der Waals surface area contributed by atoms with Crippen LogP contribution in [0.3, 0.4) is 0 Å². The molecule has 1 N–H and O–H groups in total. The van der Waals surface area contributed by atoms with E-state index in [0.717, 1.165) is 17.1 Å². The molecule has 2 aromatic heterocycles. The molecule has 5 nitrogen and oxygen atoms in total. The van der Waals surface area contributed by atoms with Gasteiger partial charge in [0.1, 0.15) is 0 Å². The first-order valence-electron chi connectivity index (χ1n) is 5.62. The summed E-state index contributed by atoms with van der Waals surface area (Å²) in [7, 11) is 0. The Labute approximate surface area is 99.5 Å². The summed E-state index contributed by atoms with van der Waals surface area (Å²) >= 11 is 0. The highest BCUT2D eigenvalue weighted by atomic mass is 16.1. The molecule has 0 saturated carbocycles. The van der Waals surface area contributed by atoms with Gasteiger partial charge in [-0.1, -0.05) is 13.8 Å². The predicted molar refractivity (Wildman–Crippen MR) is 65.5 cm³/mol. The molecule has 17 heavy (non-hydrogen) atoms. The zero-order valence-electron chi connectivity index (χ0n) is 10.5. The smallest absolute Gasteiger partial charge is 0.252 e. The van der Waals surface area contributed by atoms with E-state index in [4.69, 9.17) is 0 Å². The highest BCUT2D eigenvalue weighted by Crippen LogP contribution is 2.11. The van der Waals surface area contributed by atoms with Crippen molar-refractivity contribution >= 4 is 0 Å². The first-order valence-corrected chi connectivity index (χ1v) is 5.62. The number of nitrogens with one attached hydrogen (secondary N) is 1. The van der Waals surface area contributed by atoms with Crippen molar-refractivity contribution in [3.05, 3.63) is 39.6 Å². The second-order valence-corrected chi connectivity index (χ2v) is 4.49. The van der Waals surface area contributed by atoms with Gasteiger partial charge < -0.3 is 0 Å². The second kappa shape index (κ2) is 4.16. The lowest BCUT2D eigenvalue weighted by Crippen LogP contribution is -2.16. The SMILES string of the molecule is Cc1cc(C)n(-c2nc(C(C)C)cc(=O)[nH]2)n1. The Bertz CT molecular complexity index is 595. The lowest BCUT2D eigenvalue weighted by atomic mass is 10.1. The van der Waals surface area contributed by atoms with E-state index >= 15 is 0 Å². The maximum Gasteiger partial charge on any atom is 0.252 e. The number of hydrogen-bond donors (Lipinski definition) is 1. The molecule has 90 valence electrons. The Hall–Kier alpha value is -1.91. The summed E-state index contributed by atoms with van der Waals surface area (Å²) in [6, 6.07) is 3.47. The van der Waals surface area contributed by atoms with Crippen LogP contribution in [0, 0.1) is 13.8 Å². The lowest BCUT2D eigenvalue weighted by Gasteiger charge is -2.07. The largest absolute Gasteiger partial charge is 0.291 e. The molecule has 0 amide bonds. The monoisotopic (exact) mass is 232 g/mol. The van der Waals surface area contributed by atoms with E-state index < -0.39 is 0 Å². The summed E-state index contributed by atoms with van der Waals surface area (Å²) in [5, 5.41) is 4.31. The molecule has 0 aromatic carbocycles. The maximum absolute atomic E-state index is 11.6. The highest BCUT2D eigenvalue weighted by molar-refractivity contribution is 5.20. The number of nitrogens with zero attached hydrogens (tertiary/aromatic N) is 3. The zero-order valence-corrected chi connectivity index (χ0v) is 10.5. The topological polar surface area (TPSA) is 63.6 Å². The molecule has 0 aliphatic heterocycles. The minimum Gasteiger partial charge on any atom is -0.291 e. The average Bonchev–Trinajstić information content (AvgIpc) is 2.57. The first kappa shape index (κ1) is 11.6. The van der Waals surface area contributed by atoms with Crippen molar-refractivity contribution in [2.24, 2.45) is 0 Å². The van der Waals surface area contributed by atoms with E-state index in [1.54, 1.807) is 4.68 Å². The van der Waals surface area contributed by atoms with Crippen LogP contribution in [0.5, 0.6) is 0 Å². The third-order valence-electron chi connectivity index (χ3n) is 2.55. The van der Waals surface area contributed by atoms with Gasteiger partial charge in [0.05, 0.1) is 11.4 Å². The van der Waals surface area contributed by atoms with Crippen LogP contribution in [-0.4, -0.2) is 19.7 Å². The lowest BCUT2D eigenvalue weighted by molar-refractivity contribution is 0.733. The fourth-order valence-corrected chi connectivity index (χ4v) is 1.70. The quantitative estimate of drug-likeness (QED) is 0.857. The van der Waals surface area contributed by atoms with Gasteiger partial charge >= 0.3 is 0 Å². The molecule has 5 heteroatoms. The molecule has 2 aromatic rings. The Morgan fingerprint density at radius 1 is 1.29 bits per heavy atom. The van der Waals surface area contributed by atoms with Crippen LogP contribution in [0.25, 0.3) is 5.95 Å². The fourth-order valence-electron chi connectivity index (χ4n) is 1.70. The molecule has 0 spiro atoms. The van der Waals surface area contributed by atoms with Crippen molar-refractivity contribution in [1.82, 2.24) is 19.7 Å². The molecule has 0 saturated heterocycles. The summed E-state index contributed by atoms with van der Waals surface area (Å²) in [6.07, 6.45) is 0. The minimum absolute atomic E-state index is 0.147. The maximum atomic E-state index is 11.6. The Morgan fingerprint density at radius 3 is 2.53 bits per heavy atom. The molecule has 0 unspecified atom stereocenters. The molecule has 0 fully saturated rings. The number of rotatable bonds is 2. The summed E-state index contributed by atoms with van der Waals surface area (Å²) in [6.45, 7) is 7.86. The van der Waals surface area contributed by atoms with Crippen molar-refractivity contribution < 1.29 is 0 Å². The molecular formula is C12H16N4O. The molecular weight excluding hydrogens is 216 g/mol. The minimum atomic E-state index is -0.147. The van der Waals surface area contributed by atoms with Crippen LogP contribution >= 0.6 is 0 Å². The van der Waals surface area contributed by atoms with Crippen LogP contribution in [-0.2, 0) is 0 Å².